The van der Waals surface area contributed by atoms with E-state index in [0.29, 0.717) is 17.1 Å². The van der Waals surface area contributed by atoms with Crippen LogP contribution in [0.5, 0.6) is 5.75 Å². The molecule has 0 atom stereocenters. The number of carbonyl (C=O) groups is 2. The fraction of sp³-hybridized carbons (Fsp3) is 0.200. The molecule has 1 aliphatic rings. The first-order valence-corrected chi connectivity index (χ1v) is 6.45. The molecule has 2 amide bonds. The molecule has 0 spiro atoms. The zero-order valence-electron chi connectivity index (χ0n) is 11.6. The lowest BCUT2D eigenvalue weighted by Gasteiger charge is -2.31. The Morgan fingerprint density at radius 1 is 1.29 bits per heavy atom. The zero-order chi connectivity index (χ0) is 15.0. The van der Waals surface area contributed by atoms with Crippen molar-refractivity contribution in [2.45, 2.75) is 19.4 Å². The Kier molecular flexibility index (Phi) is 2.94. The summed E-state index contributed by atoms with van der Waals surface area (Å²) in [5, 5.41) is 5.45. The van der Waals surface area contributed by atoms with E-state index in [1.807, 2.05) is 0 Å². The van der Waals surface area contributed by atoms with Crippen LogP contribution in [-0.2, 0) is 4.79 Å². The standard InChI is InChI=1S/C15H14N2O4/c1-15(2)14(19)17-10-8-9(5-6-11(10)21-15)16-13(18)12-4-3-7-20-12/h3-8H,1-2H3,(H,16,18)(H,17,19). The third kappa shape index (κ3) is 2.47. The van der Waals surface area contributed by atoms with Crippen LogP contribution in [0.3, 0.4) is 0 Å². The van der Waals surface area contributed by atoms with Gasteiger partial charge in [0, 0.05) is 5.69 Å². The molecule has 1 aliphatic heterocycles. The molecule has 0 fully saturated rings. The van der Waals surface area contributed by atoms with Crippen molar-refractivity contribution in [2.75, 3.05) is 10.6 Å². The first-order valence-electron chi connectivity index (χ1n) is 6.45. The van der Waals surface area contributed by atoms with Gasteiger partial charge in [-0.05, 0) is 44.2 Å². The Hall–Kier alpha value is -2.76. The van der Waals surface area contributed by atoms with Crippen molar-refractivity contribution in [2.24, 2.45) is 0 Å². The molecule has 6 nitrogen and oxygen atoms in total. The number of hydrogen-bond acceptors (Lipinski definition) is 4. The lowest BCUT2D eigenvalue weighted by molar-refractivity contribution is -0.129. The maximum Gasteiger partial charge on any atom is 0.291 e. The molecule has 0 radical (unpaired) electrons. The van der Waals surface area contributed by atoms with Crippen LogP contribution in [0.25, 0.3) is 0 Å². The van der Waals surface area contributed by atoms with E-state index in [2.05, 4.69) is 10.6 Å². The number of hydrogen-bond donors (Lipinski definition) is 2. The largest absolute Gasteiger partial charge is 0.476 e. The minimum Gasteiger partial charge on any atom is -0.476 e. The van der Waals surface area contributed by atoms with Crippen molar-refractivity contribution in [1.82, 2.24) is 0 Å². The average Bonchev–Trinajstić information content (AvgIpc) is 2.94. The van der Waals surface area contributed by atoms with Crippen molar-refractivity contribution in [3.63, 3.8) is 0 Å². The molecule has 0 aliphatic carbocycles. The quantitative estimate of drug-likeness (QED) is 0.889. The van der Waals surface area contributed by atoms with Gasteiger partial charge in [-0.2, -0.15) is 0 Å². The fourth-order valence-electron chi connectivity index (χ4n) is 1.99. The average molecular weight is 286 g/mol. The number of ether oxygens (including phenoxy) is 1. The number of fused-ring (bicyclic) bond motifs is 1. The molecule has 3 rings (SSSR count). The minimum atomic E-state index is -0.911. The van der Waals surface area contributed by atoms with E-state index >= 15 is 0 Å². The molecule has 2 heterocycles. The molecule has 2 N–H and O–H groups in total. The Morgan fingerprint density at radius 3 is 2.81 bits per heavy atom. The van der Waals surface area contributed by atoms with Gasteiger partial charge in [0.2, 0.25) is 0 Å². The number of benzene rings is 1. The highest BCUT2D eigenvalue weighted by molar-refractivity contribution is 6.04. The predicted molar refractivity (Wildman–Crippen MR) is 76.4 cm³/mol. The third-order valence-electron chi connectivity index (χ3n) is 3.14. The smallest absolute Gasteiger partial charge is 0.291 e. The molecular formula is C15H14N2O4. The molecule has 1 aromatic heterocycles. The summed E-state index contributed by atoms with van der Waals surface area (Å²) in [5.74, 6) is 0.192. The van der Waals surface area contributed by atoms with Crippen LogP contribution in [0.2, 0.25) is 0 Å². The maximum absolute atomic E-state index is 11.9. The second-order valence-corrected chi connectivity index (χ2v) is 5.21. The van der Waals surface area contributed by atoms with Crippen molar-refractivity contribution in [3.05, 3.63) is 42.4 Å². The molecular weight excluding hydrogens is 272 g/mol. The van der Waals surface area contributed by atoms with Crippen molar-refractivity contribution >= 4 is 23.2 Å². The summed E-state index contributed by atoms with van der Waals surface area (Å²) in [6, 6.07) is 8.25. The van der Waals surface area contributed by atoms with E-state index in [1.165, 1.54) is 6.26 Å². The number of nitrogens with one attached hydrogen (secondary N) is 2. The molecule has 108 valence electrons. The maximum atomic E-state index is 11.9. The van der Waals surface area contributed by atoms with Crippen LogP contribution in [0, 0.1) is 0 Å². The SMILES string of the molecule is CC1(C)Oc2ccc(NC(=O)c3ccco3)cc2NC1=O. The van der Waals surface area contributed by atoms with Crippen molar-refractivity contribution in [1.29, 1.82) is 0 Å². The summed E-state index contributed by atoms with van der Waals surface area (Å²) < 4.78 is 10.6. The van der Waals surface area contributed by atoms with Crippen LogP contribution < -0.4 is 15.4 Å². The van der Waals surface area contributed by atoms with E-state index in [4.69, 9.17) is 9.15 Å². The lowest BCUT2D eigenvalue weighted by Crippen LogP contribution is -2.45. The van der Waals surface area contributed by atoms with Gasteiger partial charge >= 0.3 is 0 Å². The van der Waals surface area contributed by atoms with E-state index in [-0.39, 0.29) is 17.6 Å². The van der Waals surface area contributed by atoms with Crippen molar-refractivity contribution in [3.8, 4) is 5.75 Å². The van der Waals surface area contributed by atoms with Gasteiger partial charge in [0.15, 0.2) is 11.4 Å². The molecule has 1 aromatic carbocycles. The number of carbonyl (C=O) groups excluding carboxylic acids is 2. The van der Waals surface area contributed by atoms with Gasteiger partial charge in [0.25, 0.3) is 11.8 Å². The van der Waals surface area contributed by atoms with Gasteiger partial charge in [-0.15, -0.1) is 0 Å². The summed E-state index contributed by atoms with van der Waals surface area (Å²) in [6.45, 7) is 3.38. The number of furan rings is 1. The van der Waals surface area contributed by atoms with Crippen LogP contribution in [-0.4, -0.2) is 17.4 Å². The van der Waals surface area contributed by atoms with Gasteiger partial charge in [0.05, 0.1) is 12.0 Å². The lowest BCUT2D eigenvalue weighted by atomic mass is 10.1. The van der Waals surface area contributed by atoms with Gasteiger partial charge in [-0.3, -0.25) is 9.59 Å². The Labute approximate surface area is 121 Å². The van der Waals surface area contributed by atoms with Crippen LogP contribution in [0.15, 0.2) is 41.0 Å². The molecule has 2 aromatic rings. The Bertz CT molecular complexity index is 704. The van der Waals surface area contributed by atoms with E-state index in [1.54, 1.807) is 44.2 Å². The monoisotopic (exact) mass is 286 g/mol. The van der Waals surface area contributed by atoms with Crippen molar-refractivity contribution < 1.29 is 18.7 Å². The molecule has 0 saturated heterocycles. The summed E-state index contributed by atoms with van der Waals surface area (Å²) >= 11 is 0. The predicted octanol–water partition coefficient (Wildman–Crippen LogP) is 2.64. The second-order valence-electron chi connectivity index (χ2n) is 5.21. The fourth-order valence-corrected chi connectivity index (χ4v) is 1.99. The highest BCUT2D eigenvalue weighted by Crippen LogP contribution is 2.35. The van der Waals surface area contributed by atoms with E-state index < -0.39 is 5.60 Å². The van der Waals surface area contributed by atoms with Crippen LogP contribution >= 0.6 is 0 Å². The molecule has 0 bridgehead atoms. The normalized spacial score (nSPS) is 15.6. The first kappa shape index (κ1) is 13.2. The minimum absolute atomic E-state index is 0.217. The van der Waals surface area contributed by atoms with Gasteiger partial charge < -0.3 is 19.8 Å². The van der Waals surface area contributed by atoms with Gasteiger partial charge in [-0.1, -0.05) is 0 Å². The molecule has 21 heavy (non-hydrogen) atoms. The Morgan fingerprint density at radius 2 is 2.10 bits per heavy atom. The molecule has 0 unspecified atom stereocenters. The van der Waals surface area contributed by atoms with Crippen LogP contribution in [0.1, 0.15) is 24.4 Å². The van der Waals surface area contributed by atoms with E-state index in [0.717, 1.165) is 0 Å². The van der Waals surface area contributed by atoms with Crippen LogP contribution in [0.4, 0.5) is 11.4 Å². The second kappa shape index (κ2) is 4.66. The third-order valence-corrected chi connectivity index (χ3v) is 3.14. The number of anilines is 2. The topological polar surface area (TPSA) is 80.6 Å². The first-order chi connectivity index (χ1) is 9.95. The Balaban J connectivity index is 1.83. The summed E-state index contributed by atoms with van der Waals surface area (Å²) in [5.41, 5.74) is 0.154. The van der Waals surface area contributed by atoms with Gasteiger partial charge in [0.1, 0.15) is 5.75 Å². The summed E-state index contributed by atoms with van der Waals surface area (Å²) in [6.07, 6.45) is 1.43. The van der Waals surface area contributed by atoms with Gasteiger partial charge in [-0.25, -0.2) is 0 Å². The number of amides is 2. The molecule has 6 heteroatoms. The zero-order valence-corrected chi connectivity index (χ0v) is 11.6. The highest BCUT2D eigenvalue weighted by Gasteiger charge is 2.35. The number of rotatable bonds is 2. The summed E-state index contributed by atoms with van der Waals surface area (Å²) in [7, 11) is 0. The highest BCUT2D eigenvalue weighted by atomic mass is 16.5. The summed E-state index contributed by atoms with van der Waals surface area (Å²) in [4.78, 5) is 23.7. The van der Waals surface area contributed by atoms with E-state index in [9.17, 15) is 9.59 Å². The molecule has 0 saturated carbocycles.